The molecule has 1 aromatic rings. The highest BCUT2D eigenvalue weighted by Gasteiger charge is 2.22. The van der Waals surface area contributed by atoms with Crippen molar-refractivity contribution in [3.8, 4) is 0 Å². The predicted molar refractivity (Wildman–Crippen MR) is 166 cm³/mol. The van der Waals surface area contributed by atoms with Gasteiger partial charge in [-0.05, 0) is 25.3 Å². The second-order valence-electron chi connectivity index (χ2n) is 9.60. The summed E-state index contributed by atoms with van der Waals surface area (Å²) in [5, 5.41) is 9.47. The number of anilines is 1. The van der Waals surface area contributed by atoms with Crippen molar-refractivity contribution in [2.24, 2.45) is 0 Å². The molecule has 0 spiro atoms. The van der Waals surface area contributed by atoms with Crippen LogP contribution in [-0.4, -0.2) is 56.7 Å². The van der Waals surface area contributed by atoms with Crippen LogP contribution >= 0.6 is 29.2 Å². The summed E-state index contributed by atoms with van der Waals surface area (Å²) in [6, 6.07) is 1.45. The van der Waals surface area contributed by atoms with Gasteiger partial charge in [-0.3, -0.25) is 9.13 Å². The Morgan fingerprint density at radius 1 is 0.974 bits per heavy atom. The van der Waals surface area contributed by atoms with E-state index in [9.17, 15) is 19.4 Å². The largest absolute Gasteiger partial charge is 0.394 e. The van der Waals surface area contributed by atoms with E-state index < -0.39 is 32.3 Å². The Hall–Kier alpha value is -0.590. The minimum absolute atomic E-state index is 0. The maximum Gasteiger partial charge on any atom is 0.353 e. The van der Waals surface area contributed by atoms with E-state index in [0.717, 1.165) is 12.2 Å². The topological polar surface area (TPSA) is 172 Å². The molecule has 0 amide bonds. The molecule has 0 aliphatic carbocycles. The lowest BCUT2D eigenvalue weighted by Crippen LogP contribution is -2.32. The molecule has 0 aromatic carbocycles. The fourth-order valence-electron chi connectivity index (χ4n) is 3.79. The number of aliphatic hydroxyl groups is 1. The molecule has 0 fully saturated rings. The Bertz CT molecular complexity index is 821. The molecule has 0 saturated carbocycles. The zero-order chi connectivity index (χ0) is 27.9. The normalized spacial score (nSPS) is 13.6. The molecule has 0 bridgehead atoms. The summed E-state index contributed by atoms with van der Waals surface area (Å²) in [4.78, 5) is 25.4. The van der Waals surface area contributed by atoms with Gasteiger partial charge in [-0.1, -0.05) is 99.1 Å². The molecule has 0 aliphatic rings. The van der Waals surface area contributed by atoms with Gasteiger partial charge in [0.15, 0.2) is 0 Å². The van der Waals surface area contributed by atoms with Gasteiger partial charge in [-0.25, -0.2) is 4.79 Å². The van der Waals surface area contributed by atoms with Crippen LogP contribution in [0.3, 0.4) is 0 Å². The molecule has 0 radical (unpaired) electrons. The van der Waals surface area contributed by atoms with Crippen molar-refractivity contribution in [3.05, 3.63) is 22.7 Å². The highest BCUT2D eigenvalue weighted by Crippen LogP contribution is 2.42. The van der Waals surface area contributed by atoms with Gasteiger partial charge < -0.3 is 31.1 Å². The first-order valence-electron chi connectivity index (χ1n) is 14.1. The Morgan fingerprint density at radius 3 is 2.05 bits per heavy atom. The minimum atomic E-state index is -3.94. The molecule has 1 rings (SSSR count). The van der Waals surface area contributed by atoms with Crippen LogP contribution in [0.2, 0.25) is 0 Å². The molecular formula is C26H53N4O6PS2. The fraction of sp³-hybridized carbons (Fsp3) is 0.846. The van der Waals surface area contributed by atoms with Crippen LogP contribution in [-0.2, 0) is 20.4 Å². The van der Waals surface area contributed by atoms with Crippen LogP contribution in [0.25, 0.3) is 0 Å². The quantitative estimate of drug-likeness (QED) is 0.0519. The van der Waals surface area contributed by atoms with E-state index in [2.05, 4.69) is 11.9 Å². The van der Waals surface area contributed by atoms with Gasteiger partial charge >= 0.3 is 13.3 Å². The molecular weight excluding hydrogens is 559 g/mol. The summed E-state index contributed by atoms with van der Waals surface area (Å²) >= 11 is 0. The first kappa shape index (κ1) is 38.4. The predicted octanol–water partition coefficient (Wildman–Crippen LogP) is 6.39. The molecule has 1 aromatic heterocycles. The van der Waals surface area contributed by atoms with Gasteiger partial charge in [0.1, 0.15) is 12.2 Å². The number of aliphatic hydroxyl groups excluding tert-OH is 1. The number of hydrogen-bond acceptors (Lipinski definition) is 10. The van der Waals surface area contributed by atoms with Crippen molar-refractivity contribution < 1.29 is 23.8 Å². The number of nitrogens with two attached hydrogens (primary N) is 1. The summed E-state index contributed by atoms with van der Waals surface area (Å²) < 4.78 is 23.9. The molecule has 2 atom stereocenters. The van der Waals surface area contributed by atoms with Crippen molar-refractivity contribution >= 4 is 35.0 Å². The molecule has 7 N–H and O–H groups in total. The zero-order valence-corrected chi connectivity index (χ0v) is 26.4. The molecule has 0 aliphatic heterocycles. The number of ether oxygens (including phenoxy) is 1. The third-order valence-corrected chi connectivity index (χ3v) is 9.69. The average molecular weight is 613 g/mol. The number of hydrogen-bond donors (Lipinski definition) is 4. The van der Waals surface area contributed by atoms with E-state index in [4.69, 9.17) is 15.0 Å². The summed E-state index contributed by atoms with van der Waals surface area (Å²) in [5.74, 6) is 2.25. The van der Waals surface area contributed by atoms with E-state index in [1.807, 2.05) is 21.6 Å². The van der Waals surface area contributed by atoms with Crippen LogP contribution < -0.4 is 17.6 Å². The van der Waals surface area contributed by atoms with Gasteiger partial charge in [0, 0.05) is 17.7 Å². The van der Waals surface area contributed by atoms with E-state index in [1.165, 1.54) is 99.6 Å². The van der Waals surface area contributed by atoms with Crippen LogP contribution in [0.15, 0.2) is 17.1 Å². The molecule has 0 saturated heterocycles. The minimum Gasteiger partial charge on any atom is -0.394 e. The van der Waals surface area contributed by atoms with E-state index in [0.29, 0.717) is 6.42 Å². The van der Waals surface area contributed by atoms with Gasteiger partial charge in [0.2, 0.25) is 0 Å². The smallest absolute Gasteiger partial charge is 0.353 e. The van der Waals surface area contributed by atoms with Crippen molar-refractivity contribution in [1.29, 1.82) is 0 Å². The number of nitrogen functional groups attached to an aromatic ring is 1. The lowest BCUT2D eigenvalue weighted by atomic mass is 10.1. The van der Waals surface area contributed by atoms with Gasteiger partial charge in [0.25, 0.3) is 0 Å². The third-order valence-electron chi connectivity index (χ3n) is 6.05. The molecule has 10 nitrogen and oxygen atoms in total. The lowest BCUT2D eigenvalue weighted by Gasteiger charge is -2.19. The maximum atomic E-state index is 12.2. The summed E-state index contributed by atoms with van der Waals surface area (Å²) in [6.07, 6.45) is 18.0. The number of aromatic nitrogens is 2. The van der Waals surface area contributed by atoms with Crippen LogP contribution in [0.1, 0.15) is 96.8 Å². The molecule has 13 heteroatoms. The van der Waals surface area contributed by atoms with Gasteiger partial charge in [-0.2, -0.15) is 4.98 Å². The third kappa shape index (κ3) is 21.8. The van der Waals surface area contributed by atoms with Crippen LogP contribution in [0.5, 0.6) is 0 Å². The Balaban J connectivity index is 0.0000144. The molecule has 39 heavy (non-hydrogen) atoms. The van der Waals surface area contributed by atoms with Crippen molar-refractivity contribution in [3.63, 3.8) is 0 Å². The SMILES string of the molecule is CCCCCCCCCCCCCCSSCCCCOP(=O)(O)CO[C@H](CO)Cn1ccc(N)nc1=O.N. The van der Waals surface area contributed by atoms with Crippen LogP contribution in [0.4, 0.5) is 5.82 Å². The summed E-state index contributed by atoms with van der Waals surface area (Å²) in [7, 11) is -0.188. The van der Waals surface area contributed by atoms with Crippen molar-refractivity contribution in [2.75, 3.05) is 36.8 Å². The van der Waals surface area contributed by atoms with E-state index in [-0.39, 0.29) is 25.1 Å². The van der Waals surface area contributed by atoms with Gasteiger partial charge in [-0.15, -0.1) is 0 Å². The number of nitrogens with zero attached hydrogens (tertiary/aromatic N) is 2. The van der Waals surface area contributed by atoms with E-state index in [1.54, 1.807) is 0 Å². The van der Waals surface area contributed by atoms with E-state index >= 15 is 0 Å². The molecule has 230 valence electrons. The highest BCUT2D eigenvalue weighted by molar-refractivity contribution is 8.76. The molecule has 1 heterocycles. The summed E-state index contributed by atoms with van der Waals surface area (Å²) in [5.41, 5.74) is 4.87. The van der Waals surface area contributed by atoms with Crippen molar-refractivity contribution in [2.45, 2.75) is 109 Å². The Kier molecular flexibility index (Phi) is 24.8. The molecule has 1 unspecified atom stereocenters. The fourth-order valence-corrected chi connectivity index (χ4v) is 6.97. The number of rotatable bonds is 26. The van der Waals surface area contributed by atoms with Crippen molar-refractivity contribution in [1.82, 2.24) is 15.7 Å². The standard InChI is InChI=1S/C26H50N3O6PS2.H3N/c1-2-3-4-5-6-7-8-9-10-11-12-14-19-37-38-20-15-13-18-35-36(32,33)23-34-24(22-30)21-29-17-16-25(27)28-26(29)31;/h16-17,24,30H,2-15,18-23H2,1H3,(H,32,33)(H2,27,28,31);1H3/t24-;/m0./s1. The first-order chi connectivity index (χ1) is 18.4. The first-order valence-corrected chi connectivity index (χ1v) is 18.4. The average Bonchev–Trinajstić information content (AvgIpc) is 2.89. The maximum absolute atomic E-state index is 12.2. The Labute approximate surface area is 243 Å². The van der Waals surface area contributed by atoms with Gasteiger partial charge in [0.05, 0.1) is 25.9 Å². The number of unbranched alkanes of at least 4 members (excludes halogenated alkanes) is 12. The second-order valence-corrected chi connectivity index (χ2v) is 14.1. The lowest BCUT2D eigenvalue weighted by molar-refractivity contribution is 0.0167. The highest BCUT2D eigenvalue weighted by atomic mass is 33.1. The zero-order valence-electron chi connectivity index (χ0n) is 23.8. The monoisotopic (exact) mass is 612 g/mol. The van der Waals surface area contributed by atoms with Crippen LogP contribution in [0, 0.1) is 0 Å². The second kappa shape index (κ2) is 25.1. The summed E-state index contributed by atoms with van der Waals surface area (Å²) in [6.45, 7) is 1.99. The Morgan fingerprint density at radius 2 is 1.51 bits per heavy atom.